The van der Waals surface area contributed by atoms with Gasteiger partial charge >= 0.3 is 6.01 Å². The van der Waals surface area contributed by atoms with E-state index in [4.69, 9.17) is 30.5 Å². The maximum atomic E-state index is 16.6. The molecule has 3 heterocycles. The van der Waals surface area contributed by atoms with Gasteiger partial charge in [0.2, 0.25) is 0 Å². The number of hydrogen-bond donors (Lipinski definition) is 0. The molecule has 5 aromatic rings. The largest absolute Gasteiger partial charge is 0.458 e. The minimum Gasteiger partial charge on any atom is -0.458 e. The molecule has 0 N–H and O–H groups in total. The molecule has 4 aromatic carbocycles. The van der Waals surface area contributed by atoms with E-state index >= 15 is 8.78 Å². The molecule has 0 aliphatic carbocycles. The fourth-order valence-corrected chi connectivity index (χ4v) is 9.76. The number of nitrogens with zero attached hydrogens (tertiary/aromatic N) is 4. The summed E-state index contributed by atoms with van der Waals surface area (Å²) in [5, 5.41) is -0.520. The first-order valence-electron chi connectivity index (χ1n) is 18.8. The van der Waals surface area contributed by atoms with Crippen LogP contribution >= 0.6 is 27.5 Å². The summed E-state index contributed by atoms with van der Waals surface area (Å²) >= 11 is 9.63. The van der Waals surface area contributed by atoms with Crippen molar-refractivity contribution in [1.29, 1.82) is 0 Å². The van der Waals surface area contributed by atoms with Gasteiger partial charge in [-0.1, -0.05) is 123 Å². The van der Waals surface area contributed by atoms with Crippen LogP contribution in [0.15, 0.2) is 95.5 Å². The number of ether oxygens (including phenoxy) is 2. The van der Waals surface area contributed by atoms with Crippen molar-refractivity contribution < 1.29 is 22.7 Å². The maximum absolute atomic E-state index is 16.6. The van der Waals surface area contributed by atoms with E-state index in [2.05, 4.69) is 137 Å². The first kappa shape index (κ1) is 39.8. The van der Waals surface area contributed by atoms with E-state index < -0.39 is 31.6 Å². The number of halogens is 4. The Balaban J connectivity index is 1.46. The fraction of sp³-hybridized carbons (Fsp3) is 0.395. The molecule has 4 atom stereocenters. The predicted octanol–water partition coefficient (Wildman–Crippen LogP) is 10.4. The maximum Gasteiger partial charge on any atom is 0.319 e. The van der Waals surface area contributed by atoms with Crippen molar-refractivity contribution in [1.82, 2.24) is 14.9 Å². The van der Waals surface area contributed by atoms with Crippen LogP contribution in [0.3, 0.4) is 0 Å². The number of methoxy groups -OCH3 is 1. The monoisotopic (exact) mass is 848 g/mol. The molecule has 0 unspecified atom stereocenters. The second kappa shape index (κ2) is 15.5. The summed E-state index contributed by atoms with van der Waals surface area (Å²) in [6.45, 7) is 14.1. The summed E-state index contributed by atoms with van der Waals surface area (Å²) in [5.74, 6) is -1.35. The topological polar surface area (TPSA) is 60.0 Å². The van der Waals surface area contributed by atoms with E-state index in [-0.39, 0.29) is 62.0 Å². The second-order valence-electron chi connectivity index (χ2n) is 16.2. The lowest BCUT2D eigenvalue weighted by Gasteiger charge is -2.52. The Morgan fingerprint density at radius 1 is 0.891 bits per heavy atom. The van der Waals surface area contributed by atoms with E-state index in [1.165, 1.54) is 0 Å². The Bertz CT molecular complexity index is 2050. The average Bonchev–Trinajstić information content (AvgIpc) is 3.76. The number of fused-ring (bicyclic) bond motifs is 3. The van der Waals surface area contributed by atoms with Gasteiger partial charge in [-0.3, -0.25) is 4.90 Å². The molecule has 290 valence electrons. The van der Waals surface area contributed by atoms with Gasteiger partial charge in [0.25, 0.3) is 0 Å². The van der Waals surface area contributed by atoms with Gasteiger partial charge in [-0.05, 0) is 64.1 Å². The molecule has 7 nitrogen and oxygen atoms in total. The van der Waals surface area contributed by atoms with Gasteiger partial charge in [-0.25, -0.2) is 8.78 Å². The first-order chi connectivity index (χ1) is 26.2. The third kappa shape index (κ3) is 6.99. The van der Waals surface area contributed by atoms with E-state index in [1.54, 1.807) is 7.11 Å². The summed E-state index contributed by atoms with van der Waals surface area (Å²) < 4.78 is 51.0. The Labute approximate surface area is 337 Å². The molecule has 2 aliphatic heterocycles. The van der Waals surface area contributed by atoms with Crippen LogP contribution in [0.25, 0.3) is 10.9 Å². The lowest BCUT2D eigenvalue weighted by Crippen LogP contribution is -2.62. The molecule has 0 spiro atoms. The number of piperazine rings is 1. The summed E-state index contributed by atoms with van der Waals surface area (Å²) in [6.07, 6.45) is 0.279. The van der Waals surface area contributed by atoms with Crippen molar-refractivity contribution >= 4 is 52.6 Å². The normalized spacial score (nSPS) is 19.7. The van der Waals surface area contributed by atoms with Crippen molar-refractivity contribution in [2.24, 2.45) is 0 Å². The SMILES string of the molecule is COC[C@@H](C)Oc1nc(N2[C@H]3C[C@@H]([C@H]2CO[Si](C)(C)C(C)(C)C)N(C(c2ccccc2)(c2ccccc2)c2ccccc2)C3)c2c(F)c(Cl)c(Br)c(F)c2n1. The van der Waals surface area contributed by atoms with Crippen LogP contribution in [0.4, 0.5) is 14.6 Å². The zero-order valence-electron chi connectivity index (χ0n) is 32.3. The summed E-state index contributed by atoms with van der Waals surface area (Å²) in [5.41, 5.74) is 2.50. The lowest BCUT2D eigenvalue weighted by molar-refractivity contribution is 0.0842. The number of hydrogen-bond acceptors (Lipinski definition) is 7. The lowest BCUT2D eigenvalue weighted by atomic mass is 9.74. The Morgan fingerprint density at radius 2 is 1.44 bits per heavy atom. The standard InChI is InChI=1S/C43H48BrClF2N4O3Si/c1-27(25-52-5)54-41-48-39-34(37(46)36(45)35(44)38(39)47)40(49-41)51-31-23-32(33(51)26-53-55(6,7)42(2,3)4)50(24-31)43(28-17-11-8-12-18-28,29-19-13-9-14-20-29)30-21-15-10-16-22-30/h8-22,27,31-33H,23-26H2,1-7H3/t27-,31+,32+,33-/m1/s1. The van der Waals surface area contributed by atoms with E-state index in [0.717, 1.165) is 23.1 Å². The van der Waals surface area contributed by atoms with Crippen LogP contribution in [-0.4, -0.2) is 74.3 Å². The van der Waals surface area contributed by atoms with Gasteiger partial charge in [-0.15, -0.1) is 0 Å². The molecule has 2 fully saturated rings. The highest BCUT2D eigenvalue weighted by Crippen LogP contribution is 2.52. The van der Waals surface area contributed by atoms with Crippen molar-refractivity contribution in [3.05, 3.63) is 129 Å². The zero-order chi connectivity index (χ0) is 39.3. The Hall–Kier alpha value is -3.45. The van der Waals surface area contributed by atoms with Crippen molar-refractivity contribution in [3.8, 4) is 6.01 Å². The van der Waals surface area contributed by atoms with Crippen LogP contribution < -0.4 is 9.64 Å². The fourth-order valence-electron chi connectivity index (χ4n) is 8.20. The average molecular weight is 850 g/mol. The summed E-state index contributed by atoms with van der Waals surface area (Å²) in [6, 6.07) is 31.2. The molecule has 0 amide bonds. The minimum absolute atomic E-state index is 0.0633. The quantitative estimate of drug-likeness (QED) is 0.0536. The van der Waals surface area contributed by atoms with Gasteiger partial charge < -0.3 is 18.8 Å². The number of likely N-dealkylation sites (tertiary alicyclic amines) is 1. The molecule has 0 radical (unpaired) electrons. The number of benzene rings is 4. The number of rotatable bonds is 12. The van der Waals surface area contributed by atoms with Crippen molar-refractivity contribution in [3.63, 3.8) is 0 Å². The first-order valence-corrected chi connectivity index (χ1v) is 22.8. The highest BCUT2D eigenvalue weighted by Gasteiger charge is 2.59. The molecule has 7 rings (SSSR count). The third-order valence-electron chi connectivity index (χ3n) is 11.8. The molecular formula is C43H48BrClF2N4O3Si. The highest BCUT2D eigenvalue weighted by molar-refractivity contribution is 9.10. The molecule has 2 aliphatic rings. The molecule has 1 aromatic heterocycles. The predicted molar refractivity (Wildman–Crippen MR) is 222 cm³/mol. The van der Waals surface area contributed by atoms with Crippen LogP contribution in [0.2, 0.25) is 23.2 Å². The van der Waals surface area contributed by atoms with Crippen LogP contribution in [0.1, 0.15) is 50.8 Å². The molecule has 12 heteroatoms. The van der Waals surface area contributed by atoms with Gasteiger partial charge in [-0.2, -0.15) is 9.97 Å². The van der Waals surface area contributed by atoms with E-state index in [0.29, 0.717) is 13.2 Å². The van der Waals surface area contributed by atoms with Gasteiger partial charge in [0.15, 0.2) is 20.0 Å². The highest BCUT2D eigenvalue weighted by atomic mass is 79.9. The molecule has 0 saturated carbocycles. The van der Waals surface area contributed by atoms with E-state index in [9.17, 15) is 0 Å². The third-order valence-corrected chi connectivity index (χ3v) is 17.6. The Kier molecular flexibility index (Phi) is 11.2. The van der Waals surface area contributed by atoms with Crippen LogP contribution in [-0.2, 0) is 14.7 Å². The molecule has 55 heavy (non-hydrogen) atoms. The molecule has 2 saturated heterocycles. The van der Waals surface area contributed by atoms with Crippen LogP contribution in [0.5, 0.6) is 6.01 Å². The van der Waals surface area contributed by atoms with Gasteiger partial charge in [0.05, 0.1) is 39.7 Å². The van der Waals surface area contributed by atoms with E-state index in [1.807, 2.05) is 25.1 Å². The summed E-state index contributed by atoms with van der Waals surface area (Å²) in [4.78, 5) is 14.1. The Morgan fingerprint density at radius 3 is 1.95 bits per heavy atom. The van der Waals surface area contributed by atoms with Crippen LogP contribution in [0, 0.1) is 11.6 Å². The number of anilines is 1. The second-order valence-corrected chi connectivity index (χ2v) is 22.1. The smallest absolute Gasteiger partial charge is 0.319 e. The minimum atomic E-state index is -2.30. The summed E-state index contributed by atoms with van der Waals surface area (Å²) in [7, 11) is -0.730. The van der Waals surface area contributed by atoms with Gasteiger partial charge in [0, 0.05) is 25.7 Å². The van der Waals surface area contributed by atoms with Crippen molar-refractivity contribution in [2.75, 3.05) is 31.8 Å². The zero-order valence-corrected chi connectivity index (χ0v) is 35.7. The molecule has 2 bridgehead atoms. The number of aromatic nitrogens is 2. The van der Waals surface area contributed by atoms with Crippen molar-refractivity contribution in [2.45, 2.75) is 82.0 Å². The molecular weight excluding hydrogens is 802 g/mol. The van der Waals surface area contributed by atoms with Gasteiger partial charge in [0.1, 0.15) is 17.4 Å².